The van der Waals surface area contributed by atoms with Crippen molar-refractivity contribution in [2.24, 2.45) is 7.05 Å². The molecule has 0 aliphatic heterocycles. The number of anilines is 2. The third-order valence-electron chi connectivity index (χ3n) is 2.69. The first-order valence-corrected chi connectivity index (χ1v) is 5.81. The van der Waals surface area contributed by atoms with Gasteiger partial charge in [0.2, 0.25) is 0 Å². The number of nitrogens with two attached hydrogens (primary N) is 1. The molecule has 3 N–H and O–H groups in total. The Bertz CT molecular complexity index is 626. The number of nitrogen functional groups attached to an aromatic ring is 1. The van der Waals surface area contributed by atoms with Crippen LogP contribution in [0.4, 0.5) is 17.2 Å². The number of nitro benzene ring substituents is 1. The molecule has 7 nitrogen and oxygen atoms in total. The largest absolute Gasteiger partial charge is 0.384 e. The van der Waals surface area contributed by atoms with Crippen molar-refractivity contribution in [3.8, 4) is 0 Å². The first-order valence-electron chi connectivity index (χ1n) is 5.43. The summed E-state index contributed by atoms with van der Waals surface area (Å²) < 4.78 is 1.53. The second-order valence-electron chi connectivity index (χ2n) is 3.95. The number of nitrogens with zero attached hydrogens (tertiary/aromatic N) is 3. The second kappa shape index (κ2) is 5.15. The van der Waals surface area contributed by atoms with Crippen LogP contribution in [0.3, 0.4) is 0 Å². The highest BCUT2D eigenvalue weighted by Crippen LogP contribution is 2.28. The van der Waals surface area contributed by atoms with Crippen LogP contribution >= 0.6 is 11.6 Å². The molecule has 0 bridgehead atoms. The molecule has 0 unspecified atom stereocenters. The van der Waals surface area contributed by atoms with Crippen LogP contribution in [-0.4, -0.2) is 14.7 Å². The molecule has 0 spiro atoms. The zero-order valence-corrected chi connectivity index (χ0v) is 10.9. The van der Waals surface area contributed by atoms with E-state index < -0.39 is 4.92 Å². The fraction of sp³-hybridized carbons (Fsp3) is 0.182. The molecular weight excluding hydrogens is 270 g/mol. The molecule has 0 saturated carbocycles. The van der Waals surface area contributed by atoms with Crippen LogP contribution in [0.25, 0.3) is 0 Å². The van der Waals surface area contributed by atoms with Crippen LogP contribution in [0.2, 0.25) is 5.02 Å². The molecule has 2 rings (SSSR count). The molecule has 19 heavy (non-hydrogen) atoms. The molecule has 0 aliphatic rings. The van der Waals surface area contributed by atoms with Gasteiger partial charge in [-0.2, -0.15) is 5.10 Å². The third kappa shape index (κ3) is 2.76. The Morgan fingerprint density at radius 2 is 2.32 bits per heavy atom. The molecule has 0 radical (unpaired) electrons. The van der Waals surface area contributed by atoms with Gasteiger partial charge in [0.1, 0.15) is 11.5 Å². The summed E-state index contributed by atoms with van der Waals surface area (Å²) in [5.74, 6) is 0.511. The smallest absolute Gasteiger partial charge is 0.292 e. The summed E-state index contributed by atoms with van der Waals surface area (Å²) in [4.78, 5) is 10.4. The highest BCUT2D eigenvalue weighted by atomic mass is 35.5. The van der Waals surface area contributed by atoms with Crippen molar-refractivity contribution in [3.63, 3.8) is 0 Å². The van der Waals surface area contributed by atoms with Crippen LogP contribution in [0.1, 0.15) is 5.56 Å². The molecule has 8 heteroatoms. The summed E-state index contributed by atoms with van der Waals surface area (Å²) >= 11 is 5.83. The third-order valence-corrected chi connectivity index (χ3v) is 2.92. The Hall–Kier alpha value is -2.28. The van der Waals surface area contributed by atoms with Gasteiger partial charge < -0.3 is 11.1 Å². The highest BCUT2D eigenvalue weighted by molar-refractivity contribution is 6.31. The Labute approximate surface area is 114 Å². The predicted molar refractivity (Wildman–Crippen MR) is 73.1 cm³/mol. The number of aryl methyl sites for hydroxylation is 1. The van der Waals surface area contributed by atoms with Gasteiger partial charge >= 0.3 is 0 Å². The fourth-order valence-corrected chi connectivity index (χ4v) is 1.80. The summed E-state index contributed by atoms with van der Waals surface area (Å²) in [6.45, 7) is 0.334. The number of nitro groups is 1. The Kier molecular flexibility index (Phi) is 3.57. The minimum absolute atomic E-state index is 0.0353. The fourth-order valence-electron chi connectivity index (χ4n) is 1.63. The van der Waals surface area contributed by atoms with E-state index in [9.17, 15) is 10.1 Å². The van der Waals surface area contributed by atoms with Gasteiger partial charge in [0, 0.05) is 30.2 Å². The summed E-state index contributed by atoms with van der Waals surface area (Å²) in [5.41, 5.74) is 6.87. The molecule has 0 fully saturated rings. The van der Waals surface area contributed by atoms with E-state index in [0.717, 1.165) is 5.56 Å². The number of hydrogen-bond donors (Lipinski definition) is 2. The maximum Gasteiger partial charge on any atom is 0.292 e. The molecule has 100 valence electrons. The Morgan fingerprint density at radius 3 is 2.89 bits per heavy atom. The minimum atomic E-state index is -0.467. The van der Waals surface area contributed by atoms with Crippen molar-refractivity contribution < 1.29 is 4.92 Å². The average Bonchev–Trinajstić information content (AvgIpc) is 2.67. The van der Waals surface area contributed by atoms with Gasteiger partial charge in [-0.1, -0.05) is 11.6 Å². The number of halogens is 1. The molecule has 1 aromatic carbocycles. The molecule has 2 aromatic rings. The summed E-state index contributed by atoms with van der Waals surface area (Å²) in [6, 6.07) is 4.34. The molecular formula is C11H12ClN5O2. The van der Waals surface area contributed by atoms with Crippen molar-refractivity contribution in [1.29, 1.82) is 0 Å². The van der Waals surface area contributed by atoms with Crippen LogP contribution in [-0.2, 0) is 13.6 Å². The molecule has 0 saturated heterocycles. The lowest BCUT2D eigenvalue weighted by atomic mass is 10.2. The topological polar surface area (TPSA) is 99.0 Å². The zero-order valence-electron chi connectivity index (χ0n) is 10.1. The lowest BCUT2D eigenvalue weighted by Gasteiger charge is -2.07. The van der Waals surface area contributed by atoms with Crippen LogP contribution in [0.15, 0.2) is 24.4 Å². The Balaban J connectivity index is 2.21. The van der Waals surface area contributed by atoms with E-state index in [2.05, 4.69) is 10.4 Å². The SMILES string of the molecule is Cn1ncc(CNc2cc(Cl)ccc2[N+](=O)[O-])c1N. The van der Waals surface area contributed by atoms with E-state index >= 15 is 0 Å². The van der Waals surface area contributed by atoms with Gasteiger partial charge in [0.05, 0.1) is 11.1 Å². The highest BCUT2D eigenvalue weighted by Gasteiger charge is 2.14. The van der Waals surface area contributed by atoms with Crippen molar-refractivity contribution in [2.75, 3.05) is 11.1 Å². The zero-order chi connectivity index (χ0) is 14.0. The molecule has 1 aromatic heterocycles. The summed E-state index contributed by atoms with van der Waals surface area (Å²) in [6.07, 6.45) is 1.61. The standard InChI is InChI=1S/C11H12ClN5O2/c1-16-11(13)7(6-15-16)5-14-9-4-8(12)2-3-10(9)17(18)19/h2-4,6,14H,5,13H2,1H3. The van der Waals surface area contributed by atoms with E-state index in [0.29, 0.717) is 23.1 Å². The van der Waals surface area contributed by atoms with Crippen molar-refractivity contribution in [3.05, 3.63) is 45.1 Å². The summed E-state index contributed by atoms with van der Waals surface area (Å²) in [7, 11) is 1.72. The molecule has 1 heterocycles. The summed E-state index contributed by atoms with van der Waals surface area (Å²) in [5, 5.41) is 18.3. The van der Waals surface area contributed by atoms with E-state index in [4.69, 9.17) is 17.3 Å². The first kappa shape index (κ1) is 13.2. The molecule has 0 aliphatic carbocycles. The van der Waals surface area contributed by atoms with Crippen LogP contribution in [0.5, 0.6) is 0 Å². The number of aromatic nitrogens is 2. The van der Waals surface area contributed by atoms with Gasteiger partial charge in [0.15, 0.2) is 0 Å². The predicted octanol–water partition coefficient (Wildman–Crippen LogP) is 2.18. The normalized spacial score (nSPS) is 10.4. The van der Waals surface area contributed by atoms with Gasteiger partial charge in [-0.3, -0.25) is 14.8 Å². The van der Waals surface area contributed by atoms with E-state index in [1.54, 1.807) is 13.2 Å². The van der Waals surface area contributed by atoms with E-state index in [-0.39, 0.29) is 5.69 Å². The maximum atomic E-state index is 10.9. The van der Waals surface area contributed by atoms with E-state index in [1.165, 1.54) is 22.9 Å². The number of rotatable bonds is 4. The van der Waals surface area contributed by atoms with Gasteiger partial charge in [-0.05, 0) is 12.1 Å². The number of benzene rings is 1. The van der Waals surface area contributed by atoms with Gasteiger partial charge in [-0.25, -0.2) is 0 Å². The minimum Gasteiger partial charge on any atom is -0.384 e. The van der Waals surface area contributed by atoms with Crippen molar-refractivity contribution >= 4 is 28.8 Å². The second-order valence-corrected chi connectivity index (χ2v) is 4.39. The monoisotopic (exact) mass is 281 g/mol. The van der Waals surface area contributed by atoms with E-state index in [1.807, 2.05) is 0 Å². The molecule has 0 atom stereocenters. The quantitative estimate of drug-likeness (QED) is 0.661. The average molecular weight is 282 g/mol. The number of nitrogens with one attached hydrogen (secondary N) is 1. The Morgan fingerprint density at radius 1 is 1.58 bits per heavy atom. The molecule has 0 amide bonds. The van der Waals surface area contributed by atoms with Crippen LogP contribution in [0, 0.1) is 10.1 Å². The van der Waals surface area contributed by atoms with Crippen LogP contribution < -0.4 is 11.1 Å². The van der Waals surface area contributed by atoms with Gasteiger partial charge in [0.25, 0.3) is 5.69 Å². The lowest BCUT2D eigenvalue weighted by molar-refractivity contribution is -0.384. The first-order chi connectivity index (χ1) is 8.99. The maximum absolute atomic E-state index is 10.9. The lowest BCUT2D eigenvalue weighted by Crippen LogP contribution is -2.05. The van der Waals surface area contributed by atoms with Crippen molar-refractivity contribution in [1.82, 2.24) is 9.78 Å². The van der Waals surface area contributed by atoms with Crippen molar-refractivity contribution in [2.45, 2.75) is 6.54 Å². The van der Waals surface area contributed by atoms with Gasteiger partial charge in [-0.15, -0.1) is 0 Å². The number of hydrogen-bond acceptors (Lipinski definition) is 5.